The molecule has 0 atom stereocenters. The molecule has 0 unspecified atom stereocenters. The minimum Gasteiger partial charge on any atom is -0.394 e. The molecule has 1 rings (SSSR count). The number of thioether (sulfide) groups is 1. The Kier molecular flexibility index (Phi) is 8.02. The Morgan fingerprint density at radius 3 is 2.38 bits per heavy atom. The number of hydrogen-bond donors (Lipinski definition) is 3. The van der Waals surface area contributed by atoms with E-state index in [2.05, 4.69) is 5.32 Å². The van der Waals surface area contributed by atoms with Gasteiger partial charge in [0.1, 0.15) is 0 Å². The number of aliphatic hydroxyl groups is 2. The SMILES string of the molecule is CCC(CO)(CO)NC(=O)CSCC(=O)N1CCOCC1. The molecule has 1 saturated heterocycles. The summed E-state index contributed by atoms with van der Waals surface area (Å²) in [7, 11) is 0. The lowest BCUT2D eigenvalue weighted by atomic mass is 9.99. The van der Waals surface area contributed by atoms with Crippen LogP contribution in [0, 0.1) is 0 Å². The number of nitrogens with one attached hydrogen (secondary N) is 1. The fourth-order valence-corrected chi connectivity index (χ4v) is 2.62. The van der Waals surface area contributed by atoms with Gasteiger partial charge >= 0.3 is 0 Å². The van der Waals surface area contributed by atoms with Crippen LogP contribution in [0.2, 0.25) is 0 Å². The molecule has 1 fully saturated rings. The molecule has 21 heavy (non-hydrogen) atoms. The predicted molar refractivity (Wildman–Crippen MR) is 80.1 cm³/mol. The molecule has 0 bridgehead atoms. The molecule has 1 aliphatic rings. The number of nitrogens with zero attached hydrogens (tertiary/aromatic N) is 1. The maximum atomic E-state index is 11.9. The van der Waals surface area contributed by atoms with Gasteiger partial charge in [0, 0.05) is 13.1 Å². The highest BCUT2D eigenvalue weighted by Gasteiger charge is 2.28. The first kappa shape index (κ1) is 18.2. The van der Waals surface area contributed by atoms with Crippen molar-refractivity contribution in [1.82, 2.24) is 10.2 Å². The second-order valence-corrected chi connectivity index (χ2v) is 5.97. The van der Waals surface area contributed by atoms with Crippen molar-refractivity contribution in [3.63, 3.8) is 0 Å². The van der Waals surface area contributed by atoms with E-state index >= 15 is 0 Å². The third-order valence-electron chi connectivity index (χ3n) is 3.51. The normalized spacial score (nSPS) is 15.9. The molecule has 0 saturated carbocycles. The number of rotatable bonds is 8. The van der Waals surface area contributed by atoms with Gasteiger partial charge in [0.05, 0.1) is 43.5 Å². The summed E-state index contributed by atoms with van der Waals surface area (Å²) in [5.41, 5.74) is -0.980. The van der Waals surface area contributed by atoms with E-state index < -0.39 is 5.54 Å². The van der Waals surface area contributed by atoms with Gasteiger partial charge in [-0.1, -0.05) is 6.92 Å². The van der Waals surface area contributed by atoms with Crippen molar-refractivity contribution in [2.24, 2.45) is 0 Å². The zero-order valence-electron chi connectivity index (χ0n) is 12.3. The lowest BCUT2D eigenvalue weighted by Crippen LogP contribution is -2.54. The zero-order valence-corrected chi connectivity index (χ0v) is 13.2. The van der Waals surface area contributed by atoms with E-state index in [-0.39, 0.29) is 36.5 Å². The van der Waals surface area contributed by atoms with Gasteiger partial charge in [-0.05, 0) is 6.42 Å². The van der Waals surface area contributed by atoms with Crippen molar-refractivity contribution in [2.45, 2.75) is 18.9 Å². The Bertz CT molecular complexity index is 335. The molecule has 3 N–H and O–H groups in total. The third-order valence-corrected chi connectivity index (χ3v) is 4.43. The first-order valence-electron chi connectivity index (χ1n) is 7.03. The van der Waals surface area contributed by atoms with Gasteiger partial charge < -0.3 is 25.2 Å². The van der Waals surface area contributed by atoms with E-state index in [0.29, 0.717) is 32.7 Å². The van der Waals surface area contributed by atoms with Gasteiger partial charge in [0.2, 0.25) is 11.8 Å². The van der Waals surface area contributed by atoms with Gasteiger partial charge in [0.25, 0.3) is 0 Å². The molecule has 1 aliphatic heterocycles. The summed E-state index contributed by atoms with van der Waals surface area (Å²) in [5, 5.41) is 21.1. The summed E-state index contributed by atoms with van der Waals surface area (Å²) in [6, 6.07) is 0. The minimum absolute atomic E-state index is 0.00201. The molecule has 0 aromatic rings. The van der Waals surface area contributed by atoms with E-state index in [1.165, 1.54) is 11.8 Å². The molecule has 7 nitrogen and oxygen atoms in total. The number of morpholine rings is 1. The highest BCUT2D eigenvalue weighted by Crippen LogP contribution is 2.10. The van der Waals surface area contributed by atoms with Gasteiger partial charge in [-0.25, -0.2) is 0 Å². The molecule has 0 aromatic carbocycles. The largest absolute Gasteiger partial charge is 0.394 e. The zero-order chi connectivity index (χ0) is 15.7. The summed E-state index contributed by atoms with van der Waals surface area (Å²) in [6.45, 7) is 3.46. The van der Waals surface area contributed by atoms with Crippen molar-refractivity contribution in [2.75, 3.05) is 51.0 Å². The van der Waals surface area contributed by atoms with E-state index in [9.17, 15) is 19.8 Å². The Morgan fingerprint density at radius 1 is 1.24 bits per heavy atom. The van der Waals surface area contributed by atoms with Crippen LogP contribution in [0.25, 0.3) is 0 Å². The Morgan fingerprint density at radius 2 is 1.86 bits per heavy atom. The van der Waals surface area contributed by atoms with Crippen molar-refractivity contribution in [1.29, 1.82) is 0 Å². The Balaban J connectivity index is 2.28. The van der Waals surface area contributed by atoms with Crippen LogP contribution in [0.1, 0.15) is 13.3 Å². The van der Waals surface area contributed by atoms with Crippen LogP contribution in [0.15, 0.2) is 0 Å². The van der Waals surface area contributed by atoms with Gasteiger partial charge in [-0.2, -0.15) is 0 Å². The molecule has 122 valence electrons. The van der Waals surface area contributed by atoms with Crippen LogP contribution in [0.3, 0.4) is 0 Å². The van der Waals surface area contributed by atoms with E-state index in [1.54, 1.807) is 11.8 Å². The standard InChI is InChI=1S/C13H24N2O5S/c1-2-13(9-16,10-17)14-11(18)7-21-8-12(19)15-3-5-20-6-4-15/h16-17H,2-10H2,1H3,(H,14,18). The molecular formula is C13H24N2O5S. The van der Waals surface area contributed by atoms with Gasteiger partial charge in [0.15, 0.2) is 0 Å². The molecule has 0 aliphatic carbocycles. The molecular weight excluding hydrogens is 296 g/mol. The van der Waals surface area contributed by atoms with Crippen molar-refractivity contribution in [3.8, 4) is 0 Å². The Labute approximate surface area is 129 Å². The van der Waals surface area contributed by atoms with Crippen molar-refractivity contribution < 1.29 is 24.5 Å². The first-order valence-corrected chi connectivity index (χ1v) is 8.18. The molecule has 0 spiro atoms. The summed E-state index contributed by atoms with van der Waals surface area (Å²) in [5.74, 6) is 0.0738. The first-order chi connectivity index (χ1) is 10.1. The number of aliphatic hydroxyl groups excluding tert-OH is 2. The highest BCUT2D eigenvalue weighted by atomic mass is 32.2. The molecule has 8 heteroatoms. The summed E-state index contributed by atoms with van der Waals surface area (Å²) in [4.78, 5) is 25.4. The van der Waals surface area contributed by atoms with E-state index in [1.807, 2.05) is 0 Å². The average molecular weight is 320 g/mol. The summed E-state index contributed by atoms with van der Waals surface area (Å²) >= 11 is 1.23. The summed E-state index contributed by atoms with van der Waals surface area (Å²) in [6.07, 6.45) is 0.434. The average Bonchev–Trinajstić information content (AvgIpc) is 2.53. The van der Waals surface area contributed by atoms with Gasteiger partial charge in [-0.3, -0.25) is 9.59 Å². The monoisotopic (exact) mass is 320 g/mol. The Hall–Kier alpha value is -0.830. The number of carbonyl (C=O) groups excluding carboxylic acids is 2. The predicted octanol–water partition coefficient (Wildman–Crippen LogP) is -1.17. The third kappa shape index (κ3) is 5.82. The lowest BCUT2D eigenvalue weighted by Gasteiger charge is -2.29. The lowest BCUT2D eigenvalue weighted by molar-refractivity contribution is -0.132. The molecule has 1 heterocycles. The number of carbonyl (C=O) groups is 2. The van der Waals surface area contributed by atoms with Crippen molar-refractivity contribution >= 4 is 23.6 Å². The fraction of sp³-hybridized carbons (Fsp3) is 0.846. The van der Waals surface area contributed by atoms with Gasteiger partial charge in [-0.15, -0.1) is 11.8 Å². The number of hydrogen-bond acceptors (Lipinski definition) is 6. The van der Waals surface area contributed by atoms with Crippen molar-refractivity contribution in [3.05, 3.63) is 0 Å². The summed E-state index contributed by atoms with van der Waals surface area (Å²) < 4.78 is 5.17. The van der Waals surface area contributed by atoms with Crippen LogP contribution in [0.4, 0.5) is 0 Å². The van der Waals surface area contributed by atoms with Crippen LogP contribution in [-0.2, 0) is 14.3 Å². The second kappa shape index (κ2) is 9.24. The number of ether oxygens (including phenoxy) is 1. The topological polar surface area (TPSA) is 99.1 Å². The molecule has 0 aromatic heterocycles. The molecule has 0 radical (unpaired) electrons. The highest BCUT2D eigenvalue weighted by molar-refractivity contribution is 8.00. The smallest absolute Gasteiger partial charge is 0.232 e. The minimum atomic E-state index is -0.980. The van der Waals surface area contributed by atoms with Crippen LogP contribution < -0.4 is 5.32 Å². The number of amides is 2. The maximum absolute atomic E-state index is 11.9. The quantitative estimate of drug-likeness (QED) is 0.521. The molecule has 2 amide bonds. The maximum Gasteiger partial charge on any atom is 0.232 e. The van der Waals surface area contributed by atoms with Crippen LogP contribution in [-0.4, -0.2) is 83.5 Å². The van der Waals surface area contributed by atoms with E-state index in [4.69, 9.17) is 4.74 Å². The second-order valence-electron chi connectivity index (χ2n) is 4.98. The van der Waals surface area contributed by atoms with Crippen LogP contribution >= 0.6 is 11.8 Å². The van der Waals surface area contributed by atoms with E-state index in [0.717, 1.165) is 0 Å². The fourth-order valence-electron chi connectivity index (χ4n) is 1.91. The van der Waals surface area contributed by atoms with Crippen LogP contribution in [0.5, 0.6) is 0 Å².